The Bertz CT molecular complexity index is 989. The molecule has 30 heavy (non-hydrogen) atoms. The van der Waals surface area contributed by atoms with Gasteiger partial charge in [0, 0.05) is 38.7 Å². The van der Waals surface area contributed by atoms with E-state index in [2.05, 4.69) is 45.8 Å². The summed E-state index contributed by atoms with van der Waals surface area (Å²) in [5.41, 5.74) is -0.290. The molecule has 1 aliphatic heterocycles. The average Bonchev–Trinajstić information content (AvgIpc) is 2.72. The topological polar surface area (TPSA) is 104 Å². The lowest BCUT2D eigenvalue weighted by Gasteiger charge is -2.34. The van der Waals surface area contributed by atoms with E-state index in [-0.39, 0.29) is 11.7 Å². The van der Waals surface area contributed by atoms with Crippen LogP contribution in [0.4, 0.5) is 0 Å². The molecule has 1 aliphatic rings. The second-order valence-corrected chi connectivity index (χ2v) is 7.74. The summed E-state index contributed by atoms with van der Waals surface area (Å²) in [7, 11) is 2.10. The predicted molar refractivity (Wildman–Crippen MR) is 116 cm³/mol. The van der Waals surface area contributed by atoms with Gasteiger partial charge in [0.2, 0.25) is 5.71 Å². The first kappa shape index (κ1) is 22.0. The lowest BCUT2D eigenvalue weighted by molar-refractivity contribution is 0.205. The zero-order valence-electron chi connectivity index (χ0n) is 18.1. The van der Waals surface area contributed by atoms with Crippen LogP contribution < -0.4 is 16.0 Å². The van der Waals surface area contributed by atoms with E-state index in [0.717, 1.165) is 64.1 Å². The first-order valence-corrected chi connectivity index (χ1v) is 10.8. The molecule has 0 radical (unpaired) electrons. The molecule has 0 amide bonds. The van der Waals surface area contributed by atoms with Crippen molar-refractivity contribution in [3.8, 4) is 6.01 Å². The van der Waals surface area contributed by atoms with E-state index in [1.807, 2.05) is 0 Å². The third-order valence-corrected chi connectivity index (χ3v) is 5.33. The number of H-pyrrole nitrogens is 1. The van der Waals surface area contributed by atoms with E-state index in [1.165, 1.54) is 6.07 Å². The lowest BCUT2D eigenvalue weighted by atomic mass is 10.1. The molecule has 2 aromatic heterocycles. The van der Waals surface area contributed by atoms with Crippen LogP contribution in [0.5, 0.6) is 6.01 Å². The van der Waals surface area contributed by atoms with Crippen LogP contribution in [-0.2, 0) is 6.42 Å². The Morgan fingerprint density at radius 1 is 1.20 bits per heavy atom. The standard InChI is InChI=1S/C21H31N5O4/c1-4-6-8-15-14-17(27)29-20-18(15)19(28)22-21(23-20)30-24-16(9-7-5-2)26-12-10-25(3)11-13-26/h14H,4-13H2,1-3H3,(H,22,23,28)/b24-16+. The largest absolute Gasteiger partial charge is 0.403 e. The fourth-order valence-corrected chi connectivity index (χ4v) is 3.49. The van der Waals surface area contributed by atoms with Gasteiger partial charge in [0.15, 0.2) is 0 Å². The van der Waals surface area contributed by atoms with Crippen LogP contribution in [0.25, 0.3) is 11.1 Å². The molecule has 1 N–H and O–H groups in total. The highest BCUT2D eigenvalue weighted by molar-refractivity contribution is 5.82. The van der Waals surface area contributed by atoms with E-state index < -0.39 is 11.2 Å². The van der Waals surface area contributed by atoms with Gasteiger partial charge < -0.3 is 19.1 Å². The molecular weight excluding hydrogens is 386 g/mol. The SMILES string of the molecule is CCCC/C(=N\Oc1nc2oc(=O)cc(CCCC)c2c(=O)[nH]1)N1CCN(C)CC1. The predicted octanol–water partition coefficient (Wildman–Crippen LogP) is 2.35. The highest BCUT2D eigenvalue weighted by Crippen LogP contribution is 2.16. The molecule has 1 fully saturated rings. The summed E-state index contributed by atoms with van der Waals surface area (Å²) in [5.74, 6) is 0.839. The minimum atomic E-state index is -0.526. The summed E-state index contributed by atoms with van der Waals surface area (Å²) >= 11 is 0. The van der Waals surface area contributed by atoms with Crippen molar-refractivity contribution in [2.24, 2.45) is 5.16 Å². The van der Waals surface area contributed by atoms with Crippen molar-refractivity contribution in [1.82, 2.24) is 19.8 Å². The number of likely N-dealkylation sites (N-methyl/N-ethyl adjacent to an activating group) is 1. The lowest BCUT2D eigenvalue weighted by Crippen LogP contribution is -2.47. The fourth-order valence-electron chi connectivity index (χ4n) is 3.49. The maximum atomic E-state index is 12.6. The molecule has 0 unspecified atom stereocenters. The molecule has 3 rings (SSSR count). The molecule has 0 aromatic carbocycles. The Labute approximate surface area is 175 Å². The van der Waals surface area contributed by atoms with Crippen LogP contribution in [0.15, 0.2) is 25.2 Å². The Morgan fingerprint density at radius 3 is 2.63 bits per heavy atom. The molecule has 0 spiro atoms. The Balaban J connectivity index is 1.87. The number of aromatic nitrogens is 2. The number of hydrogen-bond acceptors (Lipinski definition) is 7. The van der Waals surface area contributed by atoms with Crippen molar-refractivity contribution in [2.75, 3.05) is 33.2 Å². The van der Waals surface area contributed by atoms with Crippen LogP contribution in [0.3, 0.4) is 0 Å². The minimum Gasteiger partial charge on any atom is -0.403 e. The van der Waals surface area contributed by atoms with Gasteiger partial charge in [0.1, 0.15) is 11.2 Å². The van der Waals surface area contributed by atoms with E-state index in [0.29, 0.717) is 17.4 Å². The van der Waals surface area contributed by atoms with Gasteiger partial charge in [-0.3, -0.25) is 9.78 Å². The van der Waals surface area contributed by atoms with E-state index in [9.17, 15) is 9.59 Å². The number of nitrogens with zero attached hydrogens (tertiary/aromatic N) is 4. The van der Waals surface area contributed by atoms with Gasteiger partial charge in [0.05, 0.1) is 0 Å². The molecule has 0 saturated carbocycles. The molecule has 9 heteroatoms. The normalized spacial score (nSPS) is 15.7. The van der Waals surface area contributed by atoms with E-state index in [4.69, 9.17) is 9.25 Å². The van der Waals surface area contributed by atoms with Crippen molar-refractivity contribution in [2.45, 2.75) is 52.4 Å². The molecular formula is C21H31N5O4. The molecule has 9 nitrogen and oxygen atoms in total. The molecule has 1 saturated heterocycles. The number of aromatic amines is 1. The third-order valence-electron chi connectivity index (χ3n) is 5.33. The van der Waals surface area contributed by atoms with Crippen molar-refractivity contribution in [3.63, 3.8) is 0 Å². The quantitative estimate of drug-likeness (QED) is 0.399. The van der Waals surface area contributed by atoms with Crippen LogP contribution in [0.1, 0.15) is 51.5 Å². The Kier molecular flexibility index (Phi) is 7.62. The second-order valence-electron chi connectivity index (χ2n) is 7.74. The molecule has 164 valence electrons. The van der Waals surface area contributed by atoms with Gasteiger partial charge in [0.25, 0.3) is 5.56 Å². The maximum absolute atomic E-state index is 12.6. The third kappa shape index (κ3) is 5.47. The number of oxime groups is 1. The zero-order chi connectivity index (χ0) is 21.5. The fraction of sp³-hybridized carbons (Fsp3) is 0.619. The maximum Gasteiger partial charge on any atom is 0.337 e. The van der Waals surface area contributed by atoms with Gasteiger partial charge >= 0.3 is 11.6 Å². The summed E-state index contributed by atoms with van der Waals surface area (Å²) < 4.78 is 5.17. The summed E-state index contributed by atoms with van der Waals surface area (Å²) in [6.07, 6.45) is 5.26. The van der Waals surface area contributed by atoms with Crippen molar-refractivity contribution in [1.29, 1.82) is 0 Å². The first-order valence-electron chi connectivity index (χ1n) is 10.8. The van der Waals surface area contributed by atoms with Gasteiger partial charge in [-0.05, 0) is 31.9 Å². The molecule has 3 heterocycles. The number of hydrogen-bond donors (Lipinski definition) is 1. The Hall–Kier alpha value is -2.68. The highest BCUT2D eigenvalue weighted by atomic mass is 16.6. The van der Waals surface area contributed by atoms with Gasteiger partial charge in [-0.15, -0.1) is 0 Å². The van der Waals surface area contributed by atoms with Crippen LogP contribution in [0, 0.1) is 0 Å². The van der Waals surface area contributed by atoms with Gasteiger partial charge in [-0.2, -0.15) is 4.98 Å². The Morgan fingerprint density at radius 2 is 1.93 bits per heavy atom. The van der Waals surface area contributed by atoms with E-state index >= 15 is 0 Å². The minimum absolute atomic E-state index is 0.0164. The van der Waals surface area contributed by atoms with Crippen molar-refractivity contribution < 1.29 is 9.25 Å². The molecule has 2 aromatic rings. The summed E-state index contributed by atoms with van der Waals surface area (Å²) in [5, 5.41) is 4.59. The number of rotatable bonds is 8. The van der Waals surface area contributed by atoms with Crippen molar-refractivity contribution in [3.05, 3.63) is 32.4 Å². The number of nitrogens with one attached hydrogen (secondary N) is 1. The number of amidine groups is 1. The first-order chi connectivity index (χ1) is 14.5. The molecule has 0 aliphatic carbocycles. The number of unbranched alkanes of at least 4 members (excludes halogenated alkanes) is 2. The zero-order valence-corrected chi connectivity index (χ0v) is 18.1. The second kappa shape index (κ2) is 10.4. The highest BCUT2D eigenvalue weighted by Gasteiger charge is 2.19. The molecule has 0 atom stereocenters. The monoisotopic (exact) mass is 417 g/mol. The van der Waals surface area contributed by atoms with Crippen molar-refractivity contribution >= 4 is 16.9 Å². The number of fused-ring (bicyclic) bond motifs is 1. The smallest absolute Gasteiger partial charge is 0.337 e. The van der Waals surface area contributed by atoms with Crippen LogP contribution in [0.2, 0.25) is 0 Å². The summed E-state index contributed by atoms with van der Waals surface area (Å²) in [4.78, 5) is 41.4. The van der Waals surface area contributed by atoms with Gasteiger partial charge in [-0.25, -0.2) is 4.79 Å². The summed E-state index contributed by atoms with van der Waals surface area (Å²) in [6, 6.07) is 1.29. The van der Waals surface area contributed by atoms with E-state index in [1.54, 1.807) is 0 Å². The van der Waals surface area contributed by atoms with Crippen LogP contribution in [-0.4, -0.2) is 58.8 Å². The summed E-state index contributed by atoms with van der Waals surface area (Å²) in [6.45, 7) is 7.85. The van der Waals surface area contributed by atoms with Gasteiger partial charge in [-0.1, -0.05) is 31.8 Å². The number of piperazine rings is 1. The van der Waals surface area contributed by atoms with Crippen LogP contribution >= 0.6 is 0 Å². The average molecular weight is 418 g/mol. The number of aryl methyl sites for hydroxylation is 1. The molecule has 0 bridgehead atoms.